The summed E-state index contributed by atoms with van der Waals surface area (Å²) in [5, 5.41) is 8.51. The van der Waals surface area contributed by atoms with Crippen molar-refractivity contribution in [2.75, 3.05) is 12.4 Å². The van der Waals surface area contributed by atoms with Crippen LogP contribution in [0.3, 0.4) is 0 Å². The maximum atomic E-state index is 12.6. The second kappa shape index (κ2) is 5.05. The first kappa shape index (κ1) is 14.0. The van der Waals surface area contributed by atoms with Gasteiger partial charge in [0, 0.05) is 0 Å². The van der Waals surface area contributed by atoms with Gasteiger partial charge in [0.2, 0.25) is 0 Å². The first-order valence-corrected chi connectivity index (χ1v) is 6.55. The zero-order valence-electron chi connectivity index (χ0n) is 8.74. The lowest BCUT2D eigenvalue weighted by Crippen LogP contribution is -2.16. The summed E-state index contributed by atoms with van der Waals surface area (Å²) in [5.41, 5.74) is -1.25. The van der Waals surface area contributed by atoms with E-state index in [9.17, 15) is 21.6 Å². The van der Waals surface area contributed by atoms with Crippen LogP contribution in [0.1, 0.15) is 11.1 Å². The molecule has 0 saturated carbocycles. The molecule has 0 amide bonds. The van der Waals surface area contributed by atoms with Gasteiger partial charge in [-0.2, -0.15) is 13.2 Å². The third-order valence-electron chi connectivity index (χ3n) is 2.10. The lowest BCUT2D eigenvalue weighted by Gasteiger charge is -2.12. The molecule has 0 aliphatic carbocycles. The minimum Gasteiger partial charge on any atom is -0.395 e. The van der Waals surface area contributed by atoms with Crippen molar-refractivity contribution in [3.63, 3.8) is 0 Å². The minimum atomic E-state index is -4.58. The van der Waals surface area contributed by atoms with E-state index in [1.807, 2.05) is 0 Å². The molecule has 0 saturated heterocycles. The summed E-state index contributed by atoms with van der Waals surface area (Å²) in [6.45, 7) is -0.601. The second-order valence-corrected chi connectivity index (χ2v) is 5.65. The van der Waals surface area contributed by atoms with Crippen LogP contribution in [0.2, 0.25) is 0 Å². The van der Waals surface area contributed by atoms with E-state index >= 15 is 0 Å². The topological polar surface area (TPSA) is 54.4 Å². The first-order valence-electron chi connectivity index (χ1n) is 4.72. The lowest BCUT2D eigenvalue weighted by atomic mass is 10.1. The highest BCUT2D eigenvalue weighted by atomic mass is 32.2. The quantitative estimate of drug-likeness (QED) is 0.902. The molecule has 0 aromatic heterocycles. The number of sulfone groups is 1. The number of hydrogen-bond donors (Lipinski definition) is 1. The molecule has 0 atom stereocenters. The van der Waals surface area contributed by atoms with E-state index in [4.69, 9.17) is 5.11 Å². The third-order valence-corrected chi connectivity index (χ3v) is 3.66. The van der Waals surface area contributed by atoms with Crippen LogP contribution < -0.4 is 0 Å². The SMILES string of the molecule is O=S(=O)(CCO)Cc1ccccc1C(F)(F)F. The Morgan fingerprint density at radius 3 is 2.29 bits per heavy atom. The molecule has 3 nitrogen and oxygen atoms in total. The highest BCUT2D eigenvalue weighted by molar-refractivity contribution is 7.90. The summed E-state index contributed by atoms with van der Waals surface area (Å²) in [7, 11) is -3.72. The van der Waals surface area contributed by atoms with Crippen LogP contribution >= 0.6 is 0 Å². The molecule has 0 spiro atoms. The molecule has 1 N–H and O–H groups in total. The van der Waals surface area contributed by atoms with Gasteiger partial charge in [0.05, 0.1) is 23.7 Å². The Labute approximate surface area is 96.8 Å². The minimum absolute atomic E-state index is 0.298. The van der Waals surface area contributed by atoms with Gasteiger partial charge in [-0.25, -0.2) is 8.42 Å². The van der Waals surface area contributed by atoms with Crippen molar-refractivity contribution in [3.8, 4) is 0 Å². The van der Waals surface area contributed by atoms with Gasteiger partial charge in [0.1, 0.15) is 0 Å². The van der Waals surface area contributed by atoms with Gasteiger partial charge in [0.25, 0.3) is 0 Å². The fourth-order valence-corrected chi connectivity index (χ4v) is 2.52. The molecule has 0 radical (unpaired) electrons. The van der Waals surface area contributed by atoms with E-state index < -0.39 is 39.7 Å². The Hall–Kier alpha value is -1.08. The van der Waals surface area contributed by atoms with Gasteiger partial charge in [-0.15, -0.1) is 0 Å². The first-order chi connectivity index (χ1) is 7.76. The molecule has 17 heavy (non-hydrogen) atoms. The molecule has 7 heteroatoms. The van der Waals surface area contributed by atoms with E-state index in [2.05, 4.69) is 0 Å². The van der Waals surface area contributed by atoms with Crippen molar-refractivity contribution in [1.29, 1.82) is 0 Å². The number of aliphatic hydroxyl groups is 1. The average molecular weight is 268 g/mol. The van der Waals surface area contributed by atoms with Crippen molar-refractivity contribution in [2.45, 2.75) is 11.9 Å². The fraction of sp³-hybridized carbons (Fsp3) is 0.400. The van der Waals surface area contributed by atoms with Crippen molar-refractivity contribution in [3.05, 3.63) is 35.4 Å². The van der Waals surface area contributed by atoms with E-state index in [-0.39, 0.29) is 5.56 Å². The monoisotopic (exact) mass is 268 g/mol. The Balaban J connectivity index is 3.08. The van der Waals surface area contributed by atoms with Crippen molar-refractivity contribution in [2.24, 2.45) is 0 Å². The maximum Gasteiger partial charge on any atom is 0.416 e. The molecule has 96 valence electrons. The molecule has 0 fully saturated rings. The van der Waals surface area contributed by atoms with Gasteiger partial charge in [-0.3, -0.25) is 0 Å². The number of aliphatic hydroxyl groups excluding tert-OH is 1. The Morgan fingerprint density at radius 1 is 1.18 bits per heavy atom. The molecule has 1 rings (SSSR count). The molecule has 0 unspecified atom stereocenters. The van der Waals surface area contributed by atoms with Gasteiger partial charge < -0.3 is 5.11 Å². The third kappa shape index (κ3) is 4.01. The lowest BCUT2D eigenvalue weighted by molar-refractivity contribution is -0.138. The summed E-state index contributed by atoms with van der Waals surface area (Å²) >= 11 is 0. The van der Waals surface area contributed by atoms with Crippen LogP contribution in [0.5, 0.6) is 0 Å². The summed E-state index contributed by atoms with van der Waals surface area (Å²) in [6, 6.07) is 4.51. The molecule has 1 aromatic rings. The fourth-order valence-electron chi connectivity index (χ4n) is 1.37. The van der Waals surface area contributed by atoms with Crippen LogP contribution in [0.25, 0.3) is 0 Å². The van der Waals surface area contributed by atoms with E-state index in [1.165, 1.54) is 12.1 Å². The van der Waals surface area contributed by atoms with Crippen molar-refractivity contribution < 1.29 is 26.7 Å². The normalized spacial score (nSPS) is 12.7. The number of halogens is 3. The molecule has 0 bridgehead atoms. The number of hydrogen-bond acceptors (Lipinski definition) is 3. The summed E-state index contributed by atoms with van der Waals surface area (Å²) in [6.07, 6.45) is -4.58. The largest absolute Gasteiger partial charge is 0.416 e. The predicted molar refractivity (Wildman–Crippen MR) is 56.0 cm³/mol. The smallest absolute Gasteiger partial charge is 0.395 e. The molecule has 0 aliphatic heterocycles. The second-order valence-electron chi connectivity index (χ2n) is 3.47. The Morgan fingerprint density at radius 2 is 1.76 bits per heavy atom. The van der Waals surface area contributed by atoms with Gasteiger partial charge in [-0.05, 0) is 11.6 Å². The van der Waals surface area contributed by atoms with E-state index in [0.29, 0.717) is 0 Å². The molecular formula is C10H11F3O3S. The molecule has 1 aromatic carbocycles. The van der Waals surface area contributed by atoms with Gasteiger partial charge in [-0.1, -0.05) is 18.2 Å². The Bertz CT molecular complexity index is 480. The zero-order valence-corrected chi connectivity index (χ0v) is 9.55. The van der Waals surface area contributed by atoms with E-state index in [0.717, 1.165) is 12.1 Å². The van der Waals surface area contributed by atoms with Crippen molar-refractivity contribution in [1.82, 2.24) is 0 Å². The highest BCUT2D eigenvalue weighted by Crippen LogP contribution is 2.32. The van der Waals surface area contributed by atoms with Crippen LogP contribution in [-0.4, -0.2) is 25.9 Å². The number of alkyl halides is 3. The zero-order chi connectivity index (χ0) is 13.1. The maximum absolute atomic E-state index is 12.6. The standard InChI is InChI=1S/C10H11F3O3S/c11-10(12,13)9-4-2-1-3-8(9)7-17(15,16)6-5-14/h1-4,14H,5-7H2. The summed E-state index contributed by atoms with van der Waals surface area (Å²) < 4.78 is 60.4. The summed E-state index contributed by atoms with van der Waals surface area (Å²) in [4.78, 5) is 0. The van der Waals surface area contributed by atoms with Crippen LogP contribution in [0, 0.1) is 0 Å². The molecule has 0 aliphatic rings. The number of rotatable bonds is 4. The Kier molecular flexibility index (Phi) is 4.16. The summed E-state index contributed by atoms with van der Waals surface area (Å²) in [5.74, 6) is -1.26. The highest BCUT2D eigenvalue weighted by Gasteiger charge is 2.33. The number of benzene rings is 1. The van der Waals surface area contributed by atoms with Crippen molar-refractivity contribution >= 4 is 9.84 Å². The van der Waals surface area contributed by atoms with Gasteiger partial charge >= 0.3 is 6.18 Å². The van der Waals surface area contributed by atoms with Crippen LogP contribution in [0.4, 0.5) is 13.2 Å². The molecule has 0 heterocycles. The van der Waals surface area contributed by atoms with Crippen LogP contribution in [0.15, 0.2) is 24.3 Å². The average Bonchev–Trinajstić information content (AvgIpc) is 2.15. The van der Waals surface area contributed by atoms with E-state index in [1.54, 1.807) is 0 Å². The molecular weight excluding hydrogens is 257 g/mol. The predicted octanol–water partition coefficient (Wildman–Crippen LogP) is 1.61. The van der Waals surface area contributed by atoms with Gasteiger partial charge in [0.15, 0.2) is 9.84 Å². The van der Waals surface area contributed by atoms with Crippen LogP contribution in [-0.2, 0) is 21.8 Å².